The average molecular weight is 438 g/mol. The summed E-state index contributed by atoms with van der Waals surface area (Å²) in [6, 6.07) is 8.86. The lowest BCUT2D eigenvalue weighted by molar-refractivity contribution is 0.0949. The van der Waals surface area contributed by atoms with Gasteiger partial charge in [0.2, 0.25) is 0 Å². The van der Waals surface area contributed by atoms with E-state index in [9.17, 15) is 4.79 Å². The number of hydrogen-bond acceptors (Lipinski definition) is 5. The number of allylic oxidation sites excluding steroid dienone is 1. The molecule has 0 saturated carbocycles. The first-order valence-electron chi connectivity index (χ1n) is 10.3. The van der Waals surface area contributed by atoms with Gasteiger partial charge in [-0.1, -0.05) is 28.5 Å². The summed E-state index contributed by atoms with van der Waals surface area (Å²) >= 11 is 6.22. The molecule has 0 unspecified atom stereocenters. The highest BCUT2D eigenvalue weighted by atomic mass is 35.5. The number of rotatable bonds is 7. The molecule has 1 N–H and O–H groups in total. The van der Waals surface area contributed by atoms with Crippen LogP contribution in [0.4, 0.5) is 0 Å². The van der Waals surface area contributed by atoms with Crippen LogP contribution in [0.2, 0.25) is 5.02 Å². The van der Waals surface area contributed by atoms with Gasteiger partial charge in [0.05, 0.1) is 7.11 Å². The van der Waals surface area contributed by atoms with Gasteiger partial charge in [-0.3, -0.25) is 9.78 Å². The van der Waals surface area contributed by atoms with Crippen molar-refractivity contribution < 1.29 is 9.53 Å². The first-order chi connectivity index (χ1) is 15.2. The molecule has 1 aliphatic carbocycles. The Morgan fingerprint density at radius 3 is 2.81 bits per heavy atom. The first kappa shape index (κ1) is 21.1. The summed E-state index contributed by atoms with van der Waals surface area (Å²) in [6.07, 6.45) is 11.2. The molecular weight excluding hydrogens is 414 g/mol. The minimum absolute atomic E-state index is 0.242. The van der Waals surface area contributed by atoms with Crippen LogP contribution in [-0.4, -0.2) is 39.5 Å². The molecule has 4 rings (SSSR count). The van der Waals surface area contributed by atoms with E-state index in [1.54, 1.807) is 42.4 Å². The molecule has 0 atom stereocenters. The van der Waals surface area contributed by atoms with E-state index in [0.717, 1.165) is 24.8 Å². The largest absolute Gasteiger partial charge is 0.494 e. The molecule has 0 bridgehead atoms. The second kappa shape index (κ2) is 9.75. The van der Waals surface area contributed by atoms with Gasteiger partial charge >= 0.3 is 0 Å². The topological polar surface area (TPSA) is 81.9 Å². The molecule has 0 aliphatic heterocycles. The number of ether oxygens (including phenoxy) is 1. The Kier molecular flexibility index (Phi) is 6.62. The molecule has 0 saturated heterocycles. The predicted octanol–water partition coefficient (Wildman–Crippen LogP) is 4.61. The minimum atomic E-state index is -0.268. The second-order valence-corrected chi connectivity index (χ2v) is 7.80. The number of carbonyl (C=O) groups is 1. The molecule has 1 amide bonds. The maximum atomic E-state index is 13.0. The molecule has 7 nitrogen and oxygen atoms in total. The molecule has 8 heteroatoms. The van der Waals surface area contributed by atoms with E-state index in [-0.39, 0.29) is 11.6 Å². The summed E-state index contributed by atoms with van der Waals surface area (Å²) in [5, 5.41) is 12.0. The van der Waals surface area contributed by atoms with Crippen LogP contribution >= 0.6 is 11.6 Å². The second-order valence-electron chi connectivity index (χ2n) is 7.36. The van der Waals surface area contributed by atoms with E-state index >= 15 is 0 Å². The molecule has 0 fully saturated rings. The lowest BCUT2D eigenvalue weighted by Crippen LogP contribution is -2.26. The van der Waals surface area contributed by atoms with Crippen molar-refractivity contribution in [3.63, 3.8) is 0 Å². The SMILES string of the molecule is COc1ccc(Cl)cc1-n1nnc(C(=O)NCCC2=CCCCC2)c1-c1ccncc1. The van der Waals surface area contributed by atoms with Gasteiger partial charge < -0.3 is 10.1 Å². The Bertz CT molecular complexity index is 1090. The summed E-state index contributed by atoms with van der Waals surface area (Å²) in [5.41, 5.74) is 3.57. The third-order valence-corrected chi connectivity index (χ3v) is 5.56. The quantitative estimate of drug-likeness (QED) is 0.546. The number of halogens is 1. The van der Waals surface area contributed by atoms with Gasteiger partial charge in [-0.15, -0.1) is 5.10 Å². The number of benzene rings is 1. The van der Waals surface area contributed by atoms with Crippen molar-refractivity contribution in [2.24, 2.45) is 0 Å². The number of methoxy groups -OCH3 is 1. The summed E-state index contributed by atoms with van der Waals surface area (Å²) in [4.78, 5) is 17.1. The van der Waals surface area contributed by atoms with Crippen molar-refractivity contribution in [3.05, 3.63) is 65.1 Å². The van der Waals surface area contributed by atoms with Crippen LogP contribution in [0.1, 0.15) is 42.6 Å². The van der Waals surface area contributed by atoms with E-state index in [1.165, 1.54) is 18.4 Å². The molecule has 0 radical (unpaired) electrons. The maximum Gasteiger partial charge on any atom is 0.274 e. The molecule has 2 heterocycles. The van der Waals surface area contributed by atoms with Crippen molar-refractivity contribution in [3.8, 4) is 22.7 Å². The van der Waals surface area contributed by atoms with E-state index in [4.69, 9.17) is 16.3 Å². The fourth-order valence-electron chi connectivity index (χ4n) is 3.75. The third-order valence-electron chi connectivity index (χ3n) is 5.32. The smallest absolute Gasteiger partial charge is 0.274 e. The summed E-state index contributed by atoms with van der Waals surface area (Å²) < 4.78 is 7.06. The number of amides is 1. The number of nitrogens with zero attached hydrogens (tertiary/aromatic N) is 4. The summed E-state index contributed by atoms with van der Waals surface area (Å²) in [5.74, 6) is 0.302. The van der Waals surface area contributed by atoms with Crippen LogP contribution in [0, 0.1) is 0 Å². The monoisotopic (exact) mass is 437 g/mol. The number of pyridine rings is 1. The van der Waals surface area contributed by atoms with Crippen LogP contribution in [-0.2, 0) is 0 Å². The van der Waals surface area contributed by atoms with Gasteiger partial charge in [-0.05, 0) is 62.4 Å². The van der Waals surface area contributed by atoms with Crippen molar-refractivity contribution in [1.29, 1.82) is 0 Å². The van der Waals surface area contributed by atoms with Crippen LogP contribution in [0.25, 0.3) is 16.9 Å². The van der Waals surface area contributed by atoms with Crippen molar-refractivity contribution in [1.82, 2.24) is 25.3 Å². The summed E-state index contributed by atoms with van der Waals surface area (Å²) in [7, 11) is 1.57. The zero-order valence-corrected chi connectivity index (χ0v) is 18.1. The zero-order chi connectivity index (χ0) is 21.6. The molecule has 1 aromatic carbocycles. The van der Waals surface area contributed by atoms with Gasteiger partial charge in [0.15, 0.2) is 5.69 Å². The van der Waals surface area contributed by atoms with Crippen molar-refractivity contribution >= 4 is 17.5 Å². The number of carbonyl (C=O) groups excluding carboxylic acids is 1. The van der Waals surface area contributed by atoms with Gasteiger partial charge in [-0.2, -0.15) is 0 Å². The Morgan fingerprint density at radius 1 is 1.23 bits per heavy atom. The Morgan fingerprint density at radius 2 is 2.06 bits per heavy atom. The lowest BCUT2D eigenvalue weighted by atomic mass is 9.97. The molecule has 0 spiro atoms. The fourth-order valence-corrected chi connectivity index (χ4v) is 3.92. The molecule has 2 aromatic heterocycles. The molecule has 3 aromatic rings. The average Bonchev–Trinajstić information content (AvgIpc) is 3.25. The molecule has 31 heavy (non-hydrogen) atoms. The van der Waals surface area contributed by atoms with Gasteiger partial charge in [-0.25, -0.2) is 4.68 Å². The van der Waals surface area contributed by atoms with E-state index in [0.29, 0.717) is 28.7 Å². The highest BCUT2D eigenvalue weighted by Gasteiger charge is 2.23. The minimum Gasteiger partial charge on any atom is -0.494 e. The molecular formula is C23H24ClN5O2. The van der Waals surface area contributed by atoms with Crippen molar-refractivity contribution in [2.45, 2.75) is 32.1 Å². The fraction of sp³-hybridized carbons (Fsp3) is 0.304. The Hall–Kier alpha value is -3.19. The highest BCUT2D eigenvalue weighted by Crippen LogP contribution is 2.31. The van der Waals surface area contributed by atoms with E-state index in [1.807, 2.05) is 12.1 Å². The van der Waals surface area contributed by atoms with Gasteiger partial charge in [0.1, 0.15) is 17.1 Å². The lowest BCUT2D eigenvalue weighted by Gasteiger charge is -2.13. The highest BCUT2D eigenvalue weighted by molar-refractivity contribution is 6.30. The van der Waals surface area contributed by atoms with Crippen LogP contribution in [0.15, 0.2) is 54.4 Å². The normalized spacial score (nSPS) is 13.5. The van der Waals surface area contributed by atoms with Gasteiger partial charge in [0.25, 0.3) is 5.91 Å². The number of aromatic nitrogens is 4. The maximum absolute atomic E-state index is 13.0. The summed E-state index contributed by atoms with van der Waals surface area (Å²) in [6.45, 7) is 0.563. The third kappa shape index (κ3) is 4.77. The molecule has 160 valence electrons. The van der Waals surface area contributed by atoms with Crippen molar-refractivity contribution in [2.75, 3.05) is 13.7 Å². The van der Waals surface area contributed by atoms with E-state index in [2.05, 4.69) is 26.7 Å². The Balaban J connectivity index is 1.66. The number of nitrogens with one attached hydrogen (secondary N) is 1. The van der Waals surface area contributed by atoms with E-state index < -0.39 is 0 Å². The van der Waals surface area contributed by atoms with Crippen LogP contribution < -0.4 is 10.1 Å². The zero-order valence-electron chi connectivity index (χ0n) is 17.3. The van der Waals surface area contributed by atoms with Gasteiger partial charge in [0, 0.05) is 29.5 Å². The van der Waals surface area contributed by atoms with Crippen LogP contribution in [0.5, 0.6) is 5.75 Å². The van der Waals surface area contributed by atoms with Crippen LogP contribution in [0.3, 0.4) is 0 Å². The molecule has 1 aliphatic rings. The standard InChI is InChI=1S/C23H24ClN5O2/c1-31-20-8-7-18(24)15-19(20)29-22(17-10-12-25-13-11-17)21(27-28-29)23(30)26-14-9-16-5-3-2-4-6-16/h5,7-8,10-13,15H,2-4,6,9,14H2,1H3,(H,26,30). The first-order valence-corrected chi connectivity index (χ1v) is 10.7. The predicted molar refractivity (Wildman–Crippen MR) is 120 cm³/mol. The Labute approximate surface area is 186 Å². The number of hydrogen-bond donors (Lipinski definition) is 1.